The molecule has 0 amide bonds. The minimum atomic E-state index is -0.343. The van der Waals surface area contributed by atoms with Gasteiger partial charge >= 0.3 is 0 Å². The lowest BCUT2D eigenvalue weighted by Crippen LogP contribution is -2.30. The van der Waals surface area contributed by atoms with Gasteiger partial charge in [-0.1, -0.05) is 36.4 Å². The Bertz CT molecular complexity index is 353. The molecule has 0 radical (unpaired) electrons. The first-order valence-electron chi connectivity index (χ1n) is 5.78. The molecular formula is C15H20O. The van der Waals surface area contributed by atoms with Gasteiger partial charge in [0.25, 0.3) is 0 Å². The Labute approximate surface area is 98.2 Å². The first-order valence-corrected chi connectivity index (χ1v) is 5.78. The van der Waals surface area contributed by atoms with Gasteiger partial charge in [-0.2, -0.15) is 0 Å². The Balaban J connectivity index is 2.89. The van der Waals surface area contributed by atoms with Crippen LogP contribution in [0.15, 0.2) is 43.0 Å². The van der Waals surface area contributed by atoms with E-state index in [9.17, 15) is 4.79 Å². The average Bonchev–Trinajstić information content (AvgIpc) is 2.30. The van der Waals surface area contributed by atoms with Crippen LogP contribution in [0.1, 0.15) is 38.7 Å². The van der Waals surface area contributed by atoms with Gasteiger partial charge < -0.3 is 0 Å². The highest BCUT2D eigenvalue weighted by atomic mass is 16.1. The van der Waals surface area contributed by atoms with E-state index in [1.807, 2.05) is 43.3 Å². The molecule has 0 aliphatic rings. The van der Waals surface area contributed by atoms with E-state index >= 15 is 0 Å². The van der Waals surface area contributed by atoms with Gasteiger partial charge in [-0.3, -0.25) is 4.79 Å². The quantitative estimate of drug-likeness (QED) is 0.521. The van der Waals surface area contributed by atoms with E-state index in [1.54, 1.807) is 6.92 Å². The fourth-order valence-corrected chi connectivity index (χ4v) is 1.93. The fourth-order valence-electron chi connectivity index (χ4n) is 1.93. The summed E-state index contributed by atoms with van der Waals surface area (Å²) in [5.74, 6) is 0.239. The van der Waals surface area contributed by atoms with Gasteiger partial charge in [0.1, 0.15) is 5.78 Å². The Hall–Kier alpha value is -1.37. The molecule has 0 aliphatic carbocycles. The van der Waals surface area contributed by atoms with Crippen molar-refractivity contribution in [3.05, 3.63) is 48.6 Å². The topological polar surface area (TPSA) is 17.1 Å². The van der Waals surface area contributed by atoms with Crippen molar-refractivity contribution >= 4 is 5.78 Å². The van der Waals surface area contributed by atoms with E-state index in [4.69, 9.17) is 0 Å². The van der Waals surface area contributed by atoms with Crippen LogP contribution in [-0.4, -0.2) is 5.78 Å². The molecule has 16 heavy (non-hydrogen) atoms. The van der Waals surface area contributed by atoms with Gasteiger partial charge in [-0.15, -0.1) is 6.58 Å². The van der Waals surface area contributed by atoms with Crippen molar-refractivity contribution in [2.45, 2.75) is 38.5 Å². The smallest absolute Gasteiger partial charge is 0.140 e. The lowest BCUT2D eigenvalue weighted by molar-refractivity contribution is -0.122. The van der Waals surface area contributed by atoms with Crippen molar-refractivity contribution in [2.24, 2.45) is 0 Å². The van der Waals surface area contributed by atoms with Crippen molar-refractivity contribution in [1.29, 1.82) is 0 Å². The molecule has 1 heteroatoms. The second kappa shape index (κ2) is 5.64. The maximum atomic E-state index is 11.8. The third-order valence-corrected chi connectivity index (χ3v) is 3.27. The van der Waals surface area contributed by atoms with Crippen LogP contribution in [0.3, 0.4) is 0 Å². The molecule has 1 nitrogen and oxygen atoms in total. The summed E-state index contributed by atoms with van der Waals surface area (Å²) >= 11 is 0. The van der Waals surface area contributed by atoms with Crippen LogP contribution in [0, 0.1) is 0 Å². The molecule has 0 unspecified atom stereocenters. The first-order chi connectivity index (χ1) is 7.61. The molecule has 0 fully saturated rings. The number of hydrogen-bond donors (Lipinski definition) is 0. The summed E-state index contributed by atoms with van der Waals surface area (Å²) in [7, 11) is 0. The highest BCUT2D eigenvalue weighted by Crippen LogP contribution is 2.30. The standard InChI is InChI=1S/C15H20O/c1-4-5-9-12-15(3,13(2)16)14-10-7-6-8-11-14/h4,6-8,10-11H,1,5,9,12H2,2-3H3/t15-/m0/s1. The zero-order valence-corrected chi connectivity index (χ0v) is 10.2. The SMILES string of the molecule is C=CCCC[C@@](C)(C(C)=O)c1ccccc1. The molecule has 1 aromatic carbocycles. The van der Waals surface area contributed by atoms with Gasteiger partial charge in [0.2, 0.25) is 0 Å². The monoisotopic (exact) mass is 216 g/mol. The second-order valence-corrected chi connectivity index (χ2v) is 4.44. The van der Waals surface area contributed by atoms with E-state index < -0.39 is 0 Å². The summed E-state index contributed by atoms with van der Waals surface area (Å²) in [4.78, 5) is 11.8. The minimum absolute atomic E-state index is 0.239. The number of ketones is 1. The maximum Gasteiger partial charge on any atom is 0.140 e. The molecule has 0 heterocycles. The second-order valence-electron chi connectivity index (χ2n) is 4.44. The number of benzene rings is 1. The third-order valence-electron chi connectivity index (χ3n) is 3.27. The van der Waals surface area contributed by atoms with Crippen molar-refractivity contribution in [2.75, 3.05) is 0 Å². The van der Waals surface area contributed by atoms with E-state index in [0.717, 1.165) is 24.8 Å². The predicted octanol–water partition coefficient (Wildman–Crippen LogP) is 3.89. The molecular weight excluding hydrogens is 196 g/mol. The van der Waals surface area contributed by atoms with E-state index in [1.165, 1.54) is 0 Å². The molecule has 0 aromatic heterocycles. The largest absolute Gasteiger partial charge is 0.299 e. The number of unbranched alkanes of at least 4 members (excludes halogenated alkanes) is 1. The van der Waals surface area contributed by atoms with Crippen LogP contribution < -0.4 is 0 Å². The number of carbonyl (C=O) groups is 1. The molecule has 0 aliphatic heterocycles. The molecule has 1 aromatic rings. The Kier molecular flexibility index (Phi) is 4.48. The third kappa shape index (κ3) is 2.82. The number of allylic oxidation sites excluding steroid dienone is 1. The number of rotatable bonds is 6. The lowest BCUT2D eigenvalue weighted by Gasteiger charge is -2.27. The molecule has 0 spiro atoms. The highest BCUT2D eigenvalue weighted by molar-refractivity contribution is 5.87. The van der Waals surface area contributed by atoms with E-state index in [0.29, 0.717) is 0 Å². The first kappa shape index (κ1) is 12.7. The average molecular weight is 216 g/mol. The van der Waals surface area contributed by atoms with Crippen LogP contribution >= 0.6 is 0 Å². The normalized spacial score (nSPS) is 14.1. The minimum Gasteiger partial charge on any atom is -0.299 e. The summed E-state index contributed by atoms with van der Waals surface area (Å²) in [5.41, 5.74) is 0.774. The molecule has 0 saturated heterocycles. The fraction of sp³-hybridized carbons (Fsp3) is 0.400. The van der Waals surface area contributed by atoms with Gasteiger partial charge in [-0.25, -0.2) is 0 Å². The van der Waals surface area contributed by atoms with Gasteiger partial charge in [0.05, 0.1) is 5.41 Å². The predicted molar refractivity (Wildman–Crippen MR) is 68.5 cm³/mol. The van der Waals surface area contributed by atoms with Crippen molar-refractivity contribution < 1.29 is 4.79 Å². The van der Waals surface area contributed by atoms with Crippen molar-refractivity contribution in [1.82, 2.24) is 0 Å². The van der Waals surface area contributed by atoms with Crippen LogP contribution in [0.4, 0.5) is 0 Å². The molecule has 1 rings (SSSR count). The lowest BCUT2D eigenvalue weighted by atomic mass is 9.75. The van der Waals surface area contributed by atoms with Crippen molar-refractivity contribution in [3.63, 3.8) is 0 Å². The molecule has 0 saturated carbocycles. The van der Waals surface area contributed by atoms with Crippen LogP contribution in [0.5, 0.6) is 0 Å². The van der Waals surface area contributed by atoms with Crippen LogP contribution in [0.2, 0.25) is 0 Å². The summed E-state index contributed by atoms with van der Waals surface area (Å²) < 4.78 is 0. The summed E-state index contributed by atoms with van der Waals surface area (Å²) in [6.45, 7) is 7.43. The number of carbonyl (C=O) groups excluding carboxylic acids is 1. The Morgan fingerprint density at radius 3 is 2.50 bits per heavy atom. The molecule has 0 N–H and O–H groups in total. The van der Waals surface area contributed by atoms with Crippen LogP contribution in [0.25, 0.3) is 0 Å². The summed E-state index contributed by atoms with van der Waals surface area (Å²) in [6, 6.07) is 10.0. The van der Waals surface area contributed by atoms with E-state index in [2.05, 4.69) is 6.58 Å². The van der Waals surface area contributed by atoms with Gasteiger partial charge in [0, 0.05) is 0 Å². The van der Waals surface area contributed by atoms with E-state index in [-0.39, 0.29) is 11.2 Å². The molecule has 86 valence electrons. The zero-order valence-electron chi connectivity index (χ0n) is 10.2. The number of hydrogen-bond acceptors (Lipinski definition) is 1. The van der Waals surface area contributed by atoms with Gasteiger partial charge in [0.15, 0.2) is 0 Å². The highest BCUT2D eigenvalue weighted by Gasteiger charge is 2.30. The Morgan fingerprint density at radius 2 is 2.00 bits per heavy atom. The molecule has 1 atom stereocenters. The number of Topliss-reactive ketones (excluding diaryl/α,β-unsaturated/α-hetero) is 1. The summed E-state index contributed by atoms with van der Waals surface area (Å²) in [5, 5.41) is 0. The maximum absolute atomic E-state index is 11.8. The summed E-state index contributed by atoms with van der Waals surface area (Å²) in [6.07, 6.45) is 4.77. The van der Waals surface area contributed by atoms with Gasteiger partial charge in [-0.05, 0) is 38.7 Å². The molecule has 0 bridgehead atoms. The zero-order chi connectivity index (χ0) is 12.0. The van der Waals surface area contributed by atoms with Crippen LogP contribution in [-0.2, 0) is 10.2 Å². The van der Waals surface area contributed by atoms with Crippen molar-refractivity contribution in [3.8, 4) is 0 Å². The Morgan fingerprint density at radius 1 is 1.38 bits per heavy atom.